The van der Waals surface area contributed by atoms with Gasteiger partial charge in [-0.25, -0.2) is 0 Å². The predicted molar refractivity (Wildman–Crippen MR) is 71.5 cm³/mol. The van der Waals surface area contributed by atoms with E-state index in [0.29, 0.717) is 6.54 Å². The lowest BCUT2D eigenvalue weighted by Gasteiger charge is -2.07. The molecule has 0 saturated carbocycles. The summed E-state index contributed by atoms with van der Waals surface area (Å²) in [5.74, 6) is 0. The molecule has 1 heterocycles. The second-order valence-corrected chi connectivity index (χ2v) is 3.88. The van der Waals surface area contributed by atoms with E-state index in [4.69, 9.17) is 0 Å². The number of benzene rings is 2. The van der Waals surface area contributed by atoms with E-state index >= 15 is 0 Å². The Bertz CT molecular complexity index is 583. The minimum atomic E-state index is 0.638. The summed E-state index contributed by atoms with van der Waals surface area (Å²) in [7, 11) is 0. The van der Waals surface area contributed by atoms with Crippen molar-refractivity contribution in [1.82, 2.24) is 0 Å². The standard InChI is InChI=1S/C15H12N2/c1-2-6-12(7-3-1)15-13-8-4-5-9-14(13)16-10-11-17-15/h1-10H,11H2. The molecule has 2 aromatic rings. The number of nitrogens with zero attached hydrogens (tertiary/aromatic N) is 2. The first kappa shape index (κ1) is 9.97. The summed E-state index contributed by atoms with van der Waals surface area (Å²) in [6.45, 7) is 0.638. The highest BCUT2D eigenvalue weighted by Gasteiger charge is 2.11. The maximum atomic E-state index is 4.60. The zero-order chi connectivity index (χ0) is 11.5. The molecule has 0 unspecified atom stereocenters. The van der Waals surface area contributed by atoms with E-state index < -0.39 is 0 Å². The average Bonchev–Trinajstić information content (AvgIpc) is 2.62. The van der Waals surface area contributed by atoms with Crippen LogP contribution in [0.3, 0.4) is 0 Å². The van der Waals surface area contributed by atoms with Crippen molar-refractivity contribution in [2.24, 2.45) is 9.98 Å². The van der Waals surface area contributed by atoms with Gasteiger partial charge in [0.1, 0.15) is 0 Å². The fraction of sp³-hybridized carbons (Fsp3) is 0.0667. The summed E-state index contributed by atoms with van der Waals surface area (Å²) in [6.07, 6.45) is 1.86. The van der Waals surface area contributed by atoms with Crippen molar-refractivity contribution in [3.63, 3.8) is 0 Å². The maximum absolute atomic E-state index is 4.60. The first-order valence-electron chi connectivity index (χ1n) is 5.67. The van der Waals surface area contributed by atoms with Crippen molar-refractivity contribution in [1.29, 1.82) is 0 Å². The van der Waals surface area contributed by atoms with Crippen LogP contribution in [0.5, 0.6) is 0 Å². The van der Waals surface area contributed by atoms with Crippen LogP contribution in [0.1, 0.15) is 11.1 Å². The van der Waals surface area contributed by atoms with Crippen LogP contribution in [0.2, 0.25) is 0 Å². The number of para-hydroxylation sites is 1. The lowest BCUT2D eigenvalue weighted by Crippen LogP contribution is -2.03. The van der Waals surface area contributed by atoms with Gasteiger partial charge in [0, 0.05) is 17.3 Å². The Labute approximate surface area is 100 Å². The first-order valence-corrected chi connectivity index (χ1v) is 5.67. The fourth-order valence-electron chi connectivity index (χ4n) is 1.99. The van der Waals surface area contributed by atoms with Gasteiger partial charge >= 0.3 is 0 Å². The second-order valence-electron chi connectivity index (χ2n) is 3.88. The lowest BCUT2D eigenvalue weighted by molar-refractivity contribution is 1.32. The van der Waals surface area contributed by atoms with E-state index in [1.807, 2.05) is 42.6 Å². The number of hydrogen-bond acceptors (Lipinski definition) is 2. The molecular weight excluding hydrogens is 208 g/mol. The Morgan fingerprint density at radius 1 is 0.824 bits per heavy atom. The second kappa shape index (κ2) is 4.34. The lowest BCUT2D eigenvalue weighted by atomic mass is 10.0. The van der Waals surface area contributed by atoms with Gasteiger partial charge in [-0.15, -0.1) is 0 Å². The van der Waals surface area contributed by atoms with Gasteiger partial charge in [0.2, 0.25) is 0 Å². The number of hydrogen-bond donors (Lipinski definition) is 0. The molecule has 1 aliphatic rings. The van der Waals surface area contributed by atoms with Gasteiger partial charge in [-0.05, 0) is 6.07 Å². The van der Waals surface area contributed by atoms with Crippen molar-refractivity contribution in [2.45, 2.75) is 0 Å². The molecule has 0 spiro atoms. The van der Waals surface area contributed by atoms with E-state index in [1.54, 1.807) is 0 Å². The molecule has 0 aromatic heterocycles. The van der Waals surface area contributed by atoms with Gasteiger partial charge in [-0.1, -0.05) is 48.5 Å². The molecule has 0 saturated heterocycles. The summed E-state index contributed by atoms with van der Waals surface area (Å²) < 4.78 is 0. The van der Waals surface area contributed by atoms with E-state index in [0.717, 1.165) is 22.5 Å². The molecule has 2 heteroatoms. The number of rotatable bonds is 1. The van der Waals surface area contributed by atoms with Gasteiger partial charge in [-0.2, -0.15) is 0 Å². The number of fused-ring (bicyclic) bond motifs is 1. The third-order valence-electron chi connectivity index (χ3n) is 2.77. The summed E-state index contributed by atoms with van der Waals surface area (Å²) in [5.41, 5.74) is 4.27. The Balaban J connectivity index is 2.17. The van der Waals surface area contributed by atoms with Crippen LogP contribution in [-0.4, -0.2) is 18.5 Å². The molecule has 82 valence electrons. The third kappa shape index (κ3) is 1.89. The van der Waals surface area contributed by atoms with E-state index in [9.17, 15) is 0 Å². The molecular formula is C15H12N2. The van der Waals surface area contributed by atoms with Gasteiger partial charge in [-0.3, -0.25) is 9.98 Å². The molecule has 0 bridgehead atoms. The molecule has 1 aliphatic heterocycles. The molecule has 0 amide bonds. The van der Waals surface area contributed by atoms with Crippen LogP contribution in [0, 0.1) is 0 Å². The average molecular weight is 220 g/mol. The van der Waals surface area contributed by atoms with Crippen LogP contribution in [-0.2, 0) is 0 Å². The molecule has 17 heavy (non-hydrogen) atoms. The van der Waals surface area contributed by atoms with Crippen LogP contribution >= 0.6 is 0 Å². The normalized spacial score (nSPS) is 13.8. The largest absolute Gasteiger partial charge is 0.278 e. The van der Waals surface area contributed by atoms with Crippen molar-refractivity contribution in [2.75, 3.05) is 6.54 Å². The Morgan fingerprint density at radius 2 is 1.59 bits per heavy atom. The Hall–Kier alpha value is -2.22. The Kier molecular flexibility index (Phi) is 2.54. The molecule has 0 fully saturated rings. The minimum Gasteiger partial charge on any atom is -0.278 e. The number of aliphatic imine (C=N–C) groups is 2. The highest BCUT2D eigenvalue weighted by Crippen LogP contribution is 2.23. The first-order chi connectivity index (χ1) is 8.45. The van der Waals surface area contributed by atoms with Crippen molar-refractivity contribution in [3.8, 4) is 0 Å². The molecule has 0 atom stereocenters. The quantitative estimate of drug-likeness (QED) is 0.705. The van der Waals surface area contributed by atoms with Crippen LogP contribution < -0.4 is 0 Å². The highest BCUT2D eigenvalue weighted by atomic mass is 14.8. The molecule has 2 nitrogen and oxygen atoms in total. The van der Waals surface area contributed by atoms with E-state index in [2.05, 4.69) is 28.2 Å². The van der Waals surface area contributed by atoms with Crippen molar-refractivity contribution in [3.05, 3.63) is 65.7 Å². The highest BCUT2D eigenvalue weighted by molar-refractivity contribution is 6.16. The molecule has 0 N–H and O–H groups in total. The summed E-state index contributed by atoms with van der Waals surface area (Å²) in [5, 5.41) is 0. The third-order valence-corrected chi connectivity index (χ3v) is 2.77. The minimum absolute atomic E-state index is 0.638. The molecule has 0 aliphatic carbocycles. The maximum Gasteiger partial charge on any atom is 0.0750 e. The summed E-state index contributed by atoms with van der Waals surface area (Å²) >= 11 is 0. The van der Waals surface area contributed by atoms with Crippen molar-refractivity contribution >= 4 is 17.6 Å². The molecule has 2 aromatic carbocycles. The smallest absolute Gasteiger partial charge is 0.0750 e. The zero-order valence-corrected chi connectivity index (χ0v) is 9.38. The van der Waals surface area contributed by atoms with Gasteiger partial charge in [0.15, 0.2) is 0 Å². The topological polar surface area (TPSA) is 24.7 Å². The van der Waals surface area contributed by atoms with Gasteiger partial charge < -0.3 is 0 Å². The van der Waals surface area contributed by atoms with Crippen LogP contribution in [0.25, 0.3) is 0 Å². The SMILES string of the molecule is C1=Nc2ccccc2C(c2ccccc2)=NC1. The monoisotopic (exact) mass is 220 g/mol. The predicted octanol–water partition coefficient (Wildman–Crippen LogP) is 3.24. The molecule has 0 radical (unpaired) electrons. The summed E-state index contributed by atoms with van der Waals surface area (Å²) in [4.78, 5) is 9.03. The van der Waals surface area contributed by atoms with Gasteiger partial charge in [0.05, 0.1) is 17.9 Å². The molecule has 3 rings (SSSR count). The van der Waals surface area contributed by atoms with E-state index in [1.165, 1.54) is 0 Å². The van der Waals surface area contributed by atoms with E-state index in [-0.39, 0.29) is 0 Å². The fourth-order valence-corrected chi connectivity index (χ4v) is 1.99. The zero-order valence-electron chi connectivity index (χ0n) is 9.38. The Morgan fingerprint density at radius 3 is 2.47 bits per heavy atom. The van der Waals surface area contributed by atoms with Gasteiger partial charge in [0.25, 0.3) is 0 Å². The van der Waals surface area contributed by atoms with Crippen LogP contribution in [0.4, 0.5) is 5.69 Å². The van der Waals surface area contributed by atoms with Crippen LogP contribution in [0.15, 0.2) is 64.6 Å². The summed E-state index contributed by atoms with van der Waals surface area (Å²) in [6, 6.07) is 18.4. The van der Waals surface area contributed by atoms with Crippen molar-refractivity contribution < 1.29 is 0 Å².